The number of nitrogens with zero attached hydrogens (tertiary/aromatic N) is 2. The molecule has 2 unspecified atom stereocenters. The second kappa shape index (κ2) is 11.7. The Balaban J connectivity index is 2.43. The zero-order chi connectivity index (χ0) is 25.6. The minimum atomic E-state index is -3.77. The molecule has 0 radical (unpaired) electrons. The van der Waals surface area contributed by atoms with Gasteiger partial charge in [-0.25, -0.2) is 8.42 Å². The molecule has 0 aliphatic carbocycles. The number of aryl methyl sites for hydroxylation is 2. The van der Waals surface area contributed by atoms with Crippen LogP contribution in [0, 0.1) is 13.8 Å². The van der Waals surface area contributed by atoms with Gasteiger partial charge in [-0.2, -0.15) is 0 Å². The van der Waals surface area contributed by atoms with Crippen molar-refractivity contribution in [1.29, 1.82) is 0 Å². The Labute approximate surface area is 208 Å². The van der Waals surface area contributed by atoms with Crippen LogP contribution in [-0.4, -0.2) is 50.0 Å². The molecule has 34 heavy (non-hydrogen) atoms. The van der Waals surface area contributed by atoms with Crippen LogP contribution in [0.25, 0.3) is 0 Å². The lowest BCUT2D eigenvalue weighted by molar-refractivity contribution is -0.139. The summed E-state index contributed by atoms with van der Waals surface area (Å²) < 4.78 is 26.4. The zero-order valence-corrected chi connectivity index (χ0v) is 22.2. The summed E-state index contributed by atoms with van der Waals surface area (Å²) in [7, 11) is -3.77. The lowest BCUT2D eigenvalue weighted by atomic mass is 10.1. The predicted octanol–water partition coefficient (Wildman–Crippen LogP) is 4.05. The lowest BCUT2D eigenvalue weighted by Crippen LogP contribution is -2.52. The number of nitrogens with one attached hydrogen (secondary N) is 1. The van der Waals surface area contributed by atoms with Crippen molar-refractivity contribution in [3.05, 3.63) is 64.2 Å². The topological polar surface area (TPSA) is 86.8 Å². The van der Waals surface area contributed by atoms with E-state index >= 15 is 0 Å². The molecule has 0 aromatic heterocycles. The zero-order valence-electron chi connectivity index (χ0n) is 20.6. The number of rotatable bonds is 10. The smallest absolute Gasteiger partial charge is 0.244 e. The van der Waals surface area contributed by atoms with Gasteiger partial charge in [-0.15, -0.1) is 0 Å². The van der Waals surface area contributed by atoms with Crippen LogP contribution in [0.15, 0.2) is 42.5 Å². The molecule has 2 aromatic rings. The van der Waals surface area contributed by atoms with Gasteiger partial charge in [-0.05, 0) is 69.0 Å². The van der Waals surface area contributed by atoms with Gasteiger partial charge < -0.3 is 10.2 Å². The van der Waals surface area contributed by atoms with Crippen LogP contribution in [0.1, 0.15) is 43.9 Å². The SMILES string of the molecule is CCC(C)NC(=O)C(C)N(Cc1ccccc1Cl)C(=O)CN(c1cc(C)cc(C)c1)S(C)(=O)=O. The van der Waals surface area contributed by atoms with Crippen LogP contribution in [0.5, 0.6) is 0 Å². The molecule has 0 saturated heterocycles. The number of anilines is 1. The first-order valence-corrected chi connectivity index (χ1v) is 13.4. The Morgan fingerprint density at radius 1 is 1.06 bits per heavy atom. The molecule has 7 nitrogen and oxygen atoms in total. The van der Waals surface area contributed by atoms with E-state index in [4.69, 9.17) is 11.6 Å². The van der Waals surface area contributed by atoms with Crippen LogP contribution in [0.4, 0.5) is 5.69 Å². The third-order valence-electron chi connectivity index (χ3n) is 5.64. The van der Waals surface area contributed by atoms with E-state index in [9.17, 15) is 18.0 Å². The van der Waals surface area contributed by atoms with Gasteiger partial charge in [0, 0.05) is 17.6 Å². The number of hydrogen-bond donors (Lipinski definition) is 1. The number of sulfonamides is 1. The minimum Gasteiger partial charge on any atom is -0.352 e. The van der Waals surface area contributed by atoms with E-state index in [1.165, 1.54) is 4.90 Å². The maximum Gasteiger partial charge on any atom is 0.244 e. The normalized spacial score (nSPS) is 13.1. The molecule has 0 aliphatic heterocycles. The summed E-state index contributed by atoms with van der Waals surface area (Å²) in [5.74, 6) is -0.816. The van der Waals surface area contributed by atoms with E-state index in [0.29, 0.717) is 16.3 Å². The van der Waals surface area contributed by atoms with Crippen molar-refractivity contribution in [1.82, 2.24) is 10.2 Å². The Kier molecular flexibility index (Phi) is 9.53. The Hall–Kier alpha value is -2.58. The molecule has 2 atom stereocenters. The molecule has 186 valence electrons. The van der Waals surface area contributed by atoms with Crippen molar-refractivity contribution in [3.63, 3.8) is 0 Å². The van der Waals surface area contributed by atoms with Crippen molar-refractivity contribution < 1.29 is 18.0 Å². The molecule has 0 saturated carbocycles. The van der Waals surface area contributed by atoms with Gasteiger partial charge in [-0.1, -0.05) is 42.8 Å². The summed E-state index contributed by atoms with van der Waals surface area (Å²) in [5, 5.41) is 3.36. The fraction of sp³-hybridized carbons (Fsp3) is 0.440. The Morgan fingerprint density at radius 2 is 1.65 bits per heavy atom. The second-order valence-electron chi connectivity index (χ2n) is 8.72. The van der Waals surface area contributed by atoms with Gasteiger partial charge in [0.25, 0.3) is 0 Å². The van der Waals surface area contributed by atoms with Gasteiger partial charge in [0.15, 0.2) is 0 Å². The highest BCUT2D eigenvalue weighted by Gasteiger charge is 2.30. The summed E-state index contributed by atoms with van der Waals surface area (Å²) >= 11 is 6.33. The average Bonchev–Trinajstić information content (AvgIpc) is 2.74. The third-order valence-corrected chi connectivity index (χ3v) is 7.15. The van der Waals surface area contributed by atoms with Gasteiger partial charge in [0.2, 0.25) is 21.8 Å². The number of amides is 2. The number of halogens is 1. The second-order valence-corrected chi connectivity index (χ2v) is 11.0. The molecule has 1 N–H and O–H groups in total. The number of carbonyl (C=O) groups is 2. The highest BCUT2D eigenvalue weighted by atomic mass is 35.5. The average molecular weight is 508 g/mol. The first kappa shape index (κ1) is 27.7. The molecule has 0 heterocycles. The van der Waals surface area contributed by atoms with E-state index in [1.54, 1.807) is 43.3 Å². The van der Waals surface area contributed by atoms with Gasteiger partial charge in [-0.3, -0.25) is 13.9 Å². The fourth-order valence-electron chi connectivity index (χ4n) is 3.57. The van der Waals surface area contributed by atoms with Crippen molar-refractivity contribution >= 4 is 39.1 Å². The van der Waals surface area contributed by atoms with Crippen molar-refractivity contribution in [2.45, 2.75) is 59.7 Å². The van der Waals surface area contributed by atoms with Gasteiger partial charge in [0.05, 0.1) is 11.9 Å². The van der Waals surface area contributed by atoms with Crippen molar-refractivity contribution in [2.24, 2.45) is 0 Å². The summed E-state index contributed by atoms with van der Waals surface area (Å²) in [6.45, 7) is 8.83. The van der Waals surface area contributed by atoms with Crippen LogP contribution < -0.4 is 9.62 Å². The van der Waals surface area contributed by atoms with Crippen LogP contribution in [0.3, 0.4) is 0 Å². The molecule has 0 bridgehead atoms. The maximum absolute atomic E-state index is 13.6. The van der Waals surface area contributed by atoms with Crippen LogP contribution in [0.2, 0.25) is 5.02 Å². The van der Waals surface area contributed by atoms with E-state index in [2.05, 4.69) is 5.32 Å². The number of carbonyl (C=O) groups excluding carboxylic acids is 2. The van der Waals surface area contributed by atoms with E-state index in [-0.39, 0.29) is 18.5 Å². The lowest BCUT2D eigenvalue weighted by Gasteiger charge is -2.32. The van der Waals surface area contributed by atoms with Crippen LogP contribution in [-0.2, 0) is 26.2 Å². The molecular formula is C25H34ClN3O4S. The standard InChI is InChI=1S/C25H34ClN3O4S/c1-7-19(4)27-25(31)20(5)28(15-21-10-8-9-11-23(21)26)24(30)16-29(34(6,32)33)22-13-17(2)12-18(3)14-22/h8-14,19-20H,7,15-16H2,1-6H3,(H,27,31). The van der Waals surface area contributed by atoms with E-state index in [1.807, 2.05) is 33.8 Å². The summed E-state index contributed by atoms with van der Waals surface area (Å²) in [4.78, 5) is 27.8. The summed E-state index contributed by atoms with van der Waals surface area (Å²) in [6.07, 6.45) is 1.81. The summed E-state index contributed by atoms with van der Waals surface area (Å²) in [5.41, 5.74) is 2.83. The molecule has 0 aliphatic rings. The Bertz CT molecular complexity index is 1120. The number of benzene rings is 2. The molecule has 9 heteroatoms. The molecule has 0 spiro atoms. The fourth-order valence-corrected chi connectivity index (χ4v) is 4.60. The first-order chi connectivity index (χ1) is 15.8. The third kappa shape index (κ3) is 7.46. The first-order valence-electron chi connectivity index (χ1n) is 11.2. The van der Waals surface area contributed by atoms with Crippen LogP contribution >= 0.6 is 11.6 Å². The highest BCUT2D eigenvalue weighted by molar-refractivity contribution is 7.92. The monoisotopic (exact) mass is 507 g/mol. The largest absolute Gasteiger partial charge is 0.352 e. The highest BCUT2D eigenvalue weighted by Crippen LogP contribution is 2.23. The predicted molar refractivity (Wildman–Crippen MR) is 137 cm³/mol. The molecule has 2 aromatic carbocycles. The quantitative estimate of drug-likeness (QED) is 0.525. The van der Waals surface area contributed by atoms with Gasteiger partial charge >= 0.3 is 0 Å². The van der Waals surface area contributed by atoms with Crippen molar-refractivity contribution in [2.75, 3.05) is 17.1 Å². The molecular weight excluding hydrogens is 474 g/mol. The minimum absolute atomic E-state index is 0.0602. The number of hydrogen-bond acceptors (Lipinski definition) is 4. The van der Waals surface area contributed by atoms with Gasteiger partial charge in [0.1, 0.15) is 12.6 Å². The molecule has 2 amide bonds. The van der Waals surface area contributed by atoms with E-state index < -0.39 is 28.5 Å². The molecule has 2 rings (SSSR count). The van der Waals surface area contributed by atoms with Crippen molar-refractivity contribution in [3.8, 4) is 0 Å². The maximum atomic E-state index is 13.6. The molecule has 0 fully saturated rings. The van der Waals surface area contributed by atoms with E-state index in [0.717, 1.165) is 28.1 Å². The Morgan fingerprint density at radius 3 is 2.18 bits per heavy atom. The summed E-state index contributed by atoms with van der Waals surface area (Å²) in [6, 6.07) is 11.5.